The molecule has 0 unspecified atom stereocenters. The van der Waals surface area contributed by atoms with Gasteiger partial charge in [-0.3, -0.25) is 0 Å². The van der Waals surface area contributed by atoms with Crippen molar-refractivity contribution in [1.29, 1.82) is 0 Å². The number of nitrogens with one attached hydrogen (secondary N) is 1. The van der Waals surface area contributed by atoms with Crippen molar-refractivity contribution in [3.8, 4) is 0 Å². The molecular weight excluding hydrogens is 279 g/mol. The Hall–Kier alpha value is -1.98. The molecule has 114 valence electrons. The minimum Gasteiger partial charge on any atom is -0.385 e. The molecule has 0 saturated carbocycles. The van der Waals surface area contributed by atoms with Crippen LogP contribution in [0.3, 0.4) is 0 Å². The number of imidazole rings is 1. The number of halogens is 3. The molecule has 1 heterocycles. The summed E-state index contributed by atoms with van der Waals surface area (Å²) in [4.78, 5) is 3.94. The Bertz CT molecular complexity index is 562. The van der Waals surface area contributed by atoms with Crippen LogP contribution >= 0.6 is 0 Å². The van der Waals surface area contributed by atoms with E-state index in [9.17, 15) is 13.2 Å². The zero-order valence-corrected chi connectivity index (χ0v) is 11.8. The van der Waals surface area contributed by atoms with Gasteiger partial charge in [0.1, 0.15) is 0 Å². The first-order valence-corrected chi connectivity index (χ1v) is 6.90. The Morgan fingerprint density at radius 3 is 2.67 bits per heavy atom. The second kappa shape index (κ2) is 6.65. The number of alkyl halides is 3. The highest BCUT2D eigenvalue weighted by atomic mass is 19.4. The molecule has 0 aliphatic carbocycles. The summed E-state index contributed by atoms with van der Waals surface area (Å²) in [5, 5.41) is 3.06. The van der Waals surface area contributed by atoms with Gasteiger partial charge >= 0.3 is 6.18 Å². The standard InChI is InChI=1S/C15H18F3N3/c1-2-12-8-13(15(16,17)18)10-14(9-12)20-4-3-6-21-7-5-19-11-21/h5,7-11,20H,2-4,6H2,1H3. The Labute approximate surface area is 121 Å². The van der Waals surface area contributed by atoms with E-state index >= 15 is 0 Å². The summed E-state index contributed by atoms with van der Waals surface area (Å²) < 4.78 is 40.4. The summed E-state index contributed by atoms with van der Waals surface area (Å²) in [6.07, 6.45) is 2.37. The molecule has 0 fully saturated rings. The fourth-order valence-corrected chi connectivity index (χ4v) is 2.08. The molecule has 0 aliphatic heterocycles. The maximum absolute atomic E-state index is 12.8. The van der Waals surface area contributed by atoms with Gasteiger partial charge < -0.3 is 9.88 Å². The molecule has 1 N–H and O–H groups in total. The van der Waals surface area contributed by atoms with Crippen LogP contribution in [-0.2, 0) is 19.1 Å². The van der Waals surface area contributed by atoms with Crippen LogP contribution in [0.25, 0.3) is 0 Å². The molecule has 3 nitrogen and oxygen atoms in total. The van der Waals surface area contributed by atoms with Crippen LogP contribution in [0.5, 0.6) is 0 Å². The van der Waals surface area contributed by atoms with E-state index in [1.54, 1.807) is 18.6 Å². The van der Waals surface area contributed by atoms with E-state index in [0.29, 0.717) is 24.2 Å². The first-order chi connectivity index (χ1) is 9.99. The normalized spacial score (nSPS) is 11.6. The number of benzene rings is 1. The van der Waals surface area contributed by atoms with E-state index in [2.05, 4.69) is 10.3 Å². The summed E-state index contributed by atoms with van der Waals surface area (Å²) in [5.74, 6) is 0. The summed E-state index contributed by atoms with van der Waals surface area (Å²) in [7, 11) is 0. The van der Waals surface area contributed by atoms with E-state index in [4.69, 9.17) is 0 Å². The van der Waals surface area contributed by atoms with Crippen molar-refractivity contribution in [2.24, 2.45) is 0 Å². The molecule has 21 heavy (non-hydrogen) atoms. The predicted octanol–water partition coefficient (Wildman–Crippen LogP) is 3.97. The minimum absolute atomic E-state index is 0.521. The molecule has 0 radical (unpaired) electrons. The van der Waals surface area contributed by atoms with E-state index in [1.165, 1.54) is 6.07 Å². The van der Waals surface area contributed by atoms with Crippen molar-refractivity contribution in [3.05, 3.63) is 48.0 Å². The zero-order valence-electron chi connectivity index (χ0n) is 11.8. The van der Waals surface area contributed by atoms with Gasteiger partial charge in [-0.1, -0.05) is 6.92 Å². The smallest absolute Gasteiger partial charge is 0.385 e. The molecule has 0 amide bonds. The highest BCUT2D eigenvalue weighted by molar-refractivity contribution is 5.49. The van der Waals surface area contributed by atoms with Gasteiger partial charge in [0.05, 0.1) is 11.9 Å². The third-order valence-electron chi connectivity index (χ3n) is 3.21. The lowest BCUT2D eigenvalue weighted by Gasteiger charge is -2.13. The van der Waals surface area contributed by atoms with Gasteiger partial charge in [0.2, 0.25) is 0 Å². The van der Waals surface area contributed by atoms with Gasteiger partial charge in [-0.25, -0.2) is 4.98 Å². The fraction of sp³-hybridized carbons (Fsp3) is 0.400. The minimum atomic E-state index is -4.31. The number of nitrogens with zero attached hydrogens (tertiary/aromatic N) is 2. The number of anilines is 1. The molecule has 0 aliphatic rings. The van der Waals surface area contributed by atoms with Crippen LogP contribution in [-0.4, -0.2) is 16.1 Å². The van der Waals surface area contributed by atoms with Gasteiger partial charge in [-0.2, -0.15) is 13.2 Å². The average Bonchev–Trinajstić information content (AvgIpc) is 2.95. The SMILES string of the molecule is CCc1cc(NCCCn2ccnc2)cc(C(F)(F)F)c1. The Morgan fingerprint density at radius 1 is 1.24 bits per heavy atom. The number of aryl methyl sites for hydroxylation is 2. The van der Waals surface area contributed by atoms with Crippen molar-refractivity contribution in [2.45, 2.75) is 32.5 Å². The molecule has 6 heteroatoms. The van der Waals surface area contributed by atoms with Crippen molar-refractivity contribution in [2.75, 3.05) is 11.9 Å². The van der Waals surface area contributed by atoms with E-state index in [-0.39, 0.29) is 0 Å². The third kappa shape index (κ3) is 4.51. The monoisotopic (exact) mass is 297 g/mol. The van der Waals surface area contributed by atoms with Gasteiger partial charge in [0.15, 0.2) is 0 Å². The van der Waals surface area contributed by atoms with Gasteiger partial charge in [-0.05, 0) is 36.6 Å². The number of aromatic nitrogens is 2. The summed E-state index contributed by atoms with van der Waals surface area (Å²) in [6.45, 7) is 3.24. The lowest BCUT2D eigenvalue weighted by molar-refractivity contribution is -0.137. The van der Waals surface area contributed by atoms with E-state index in [0.717, 1.165) is 19.0 Å². The van der Waals surface area contributed by atoms with Crippen molar-refractivity contribution >= 4 is 5.69 Å². The summed E-state index contributed by atoms with van der Waals surface area (Å²) in [6, 6.07) is 4.14. The first-order valence-electron chi connectivity index (χ1n) is 6.90. The molecule has 1 aromatic carbocycles. The highest BCUT2D eigenvalue weighted by Crippen LogP contribution is 2.32. The largest absolute Gasteiger partial charge is 0.416 e. The fourth-order valence-electron chi connectivity index (χ4n) is 2.08. The van der Waals surface area contributed by atoms with Gasteiger partial charge in [0, 0.05) is 31.2 Å². The average molecular weight is 297 g/mol. The van der Waals surface area contributed by atoms with Crippen molar-refractivity contribution < 1.29 is 13.2 Å². The maximum Gasteiger partial charge on any atom is 0.416 e. The second-order valence-electron chi connectivity index (χ2n) is 4.85. The molecule has 0 atom stereocenters. The predicted molar refractivity (Wildman–Crippen MR) is 76.2 cm³/mol. The first kappa shape index (κ1) is 15.4. The highest BCUT2D eigenvalue weighted by Gasteiger charge is 2.31. The Morgan fingerprint density at radius 2 is 2.05 bits per heavy atom. The molecule has 0 bridgehead atoms. The van der Waals surface area contributed by atoms with E-state index < -0.39 is 11.7 Å². The lowest BCUT2D eigenvalue weighted by Crippen LogP contribution is -2.09. The van der Waals surface area contributed by atoms with E-state index in [1.807, 2.05) is 17.7 Å². The number of rotatable bonds is 6. The summed E-state index contributed by atoms with van der Waals surface area (Å²) in [5.41, 5.74) is 0.605. The van der Waals surface area contributed by atoms with Crippen molar-refractivity contribution in [1.82, 2.24) is 9.55 Å². The third-order valence-corrected chi connectivity index (χ3v) is 3.21. The topological polar surface area (TPSA) is 29.9 Å². The van der Waals surface area contributed by atoms with Crippen LogP contribution in [0.4, 0.5) is 18.9 Å². The molecule has 0 saturated heterocycles. The van der Waals surface area contributed by atoms with Crippen molar-refractivity contribution in [3.63, 3.8) is 0 Å². The number of hydrogen-bond donors (Lipinski definition) is 1. The molecule has 1 aromatic heterocycles. The van der Waals surface area contributed by atoms with Crippen LogP contribution in [0.2, 0.25) is 0 Å². The molecule has 2 rings (SSSR count). The van der Waals surface area contributed by atoms with Crippen LogP contribution in [0.15, 0.2) is 36.9 Å². The van der Waals surface area contributed by atoms with Crippen LogP contribution in [0.1, 0.15) is 24.5 Å². The quantitative estimate of drug-likeness (QED) is 0.818. The Kier molecular flexibility index (Phi) is 4.88. The lowest BCUT2D eigenvalue weighted by atomic mass is 10.1. The molecule has 0 spiro atoms. The number of hydrogen-bond acceptors (Lipinski definition) is 2. The van der Waals surface area contributed by atoms with Crippen LogP contribution in [0, 0.1) is 0 Å². The summed E-state index contributed by atoms with van der Waals surface area (Å²) >= 11 is 0. The Balaban J connectivity index is 1.95. The van der Waals surface area contributed by atoms with Crippen LogP contribution < -0.4 is 5.32 Å². The second-order valence-corrected chi connectivity index (χ2v) is 4.85. The molecular formula is C15H18F3N3. The van der Waals surface area contributed by atoms with Gasteiger partial charge in [0.25, 0.3) is 0 Å². The zero-order chi connectivity index (χ0) is 15.3. The maximum atomic E-state index is 12.8. The van der Waals surface area contributed by atoms with Gasteiger partial charge in [-0.15, -0.1) is 0 Å². The molecule has 2 aromatic rings.